The molecule has 2 aliphatic rings. The highest BCUT2D eigenvalue weighted by molar-refractivity contribution is 9.10. The predicted octanol–water partition coefficient (Wildman–Crippen LogP) is 3.85. The summed E-state index contributed by atoms with van der Waals surface area (Å²) in [7, 11) is 1.51. The molecule has 0 heterocycles. The van der Waals surface area contributed by atoms with Gasteiger partial charge in [0, 0.05) is 17.4 Å². The number of rotatable bonds is 3. The van der Waals surface area contributed by atoms with E-state index >= 15 is 0 Å². The van der Waals surface area contributed by atoms with Crippen LogP contribution in [-0.4, -0.2) is 28.1 Å². The van der Waals surface area contributed by atoms with E-state index in [2.05, 4.69) is 22.5 Å². The third-order valence-corrected chi connectivity index (χ3v) is 6.47. The average Bonchev–Trinajstić information content (AvgIpc) is 2.59. The molecule has 5 heteroatoms. The van der Waals surface area contributed by atoms with Crippen molar-refractivity contribution in [2.24, 2.45) is 5.92 Å². The number of allylic oxidation sites excluding steroid dienone is 5. The van der Waals surface area contributed by atoms with Crippen molar-refractivity contribution in [3.8, 4) is 11.5 Å². The van der Waals surface area contributed by atoms with Gasteiger partial charge in [-0.3, -0.25) is 9.59 Å². The largest absolute Gasteiger partial charge is 0.508 e. The van der Waals surface area contributed by atoms with E-state index in [-0.39, 0.29) is 17.3 Å². The fourth-order valence-electron chi connectivity index (χ4n) is 3.83. The number of halogens is 1. The molecule has 25 heavy (non-hydrogen) atoms. The second kappa shape index (κ2) is 6.30. The van der Waals surface area contributed by atoms with Gasteiger partial charge < -0.3 is 9.84 Å². The summed E-state index contributed by atoms with van der Waals surface area (Å²) in [4.78, 5) is 25.7. The highest BCUT2D eigenvalue weighted by atomic mass is 79.9. The van der Waals surface area contributed by atoms with Crippen molar-refractivity contribution in [3.05, 3.63) is 59.7 Å². The zero-order valence-electron chi connectivity index (χ0n) is 14.1. The van der Waals surface area contributed by atoms with E-state index in [0.29, 0.717) is 23.3 Å². The van der Waals surface area contributed by atoms with Gasteiger partial charge in [0.2, 0.25) is 0 Å². The highest BCUT2D eigenvalue weighted by Crippen LogP contribution is 2.56. The molecule has 2 aliphatic carbocycles. The third kappa shape index (κ3) is 2.49. The van der Waals surface area contributed by atoms with Crippen LogP contribution in [0.25, 0.3) is 0 Å². The minimum atomic E-state index is -1.17. The molecule has 0 fully saturated rings. The first-order valence-corrected chi connectivity index (χ1v) is 8.79. The average molecular weight is 403 g/mol. The molecule has 1 N–H and O–H groups in total. The zero-order valence-corrected chi connectivity index (χ0v) is 15.7. The van der Waals surface area contributed by atoms with Gasteiger partial charge in [-0.05, 0) is 42.7 Å². The first kappa shape index (κ1) is 17.7. The maximum absolute atomic E-state index is 13.0. The number of carbonyl (C=O) groups excluding carboxylic acids is 2. The maximum Gasteiger partial charge on any atom is 0.174 e. The van der Waals surface area contributed by atoms with Gasteiger partial charge in [-0.15, -0.1) is 0 Å². The van der Waals surface area contributed by atoms with E-state index in [9.17, 15) is 14.7 Å². The number of alkyl halides is 1. The Kier molecular flexibility index (Phi) is 4.45. The van der Waals surface area contributed by atoms with Crippen LogP contribution in [0, 0.1) is 5.92 Å². The normalized spacial score (nSPS) is 28.8. The van der Waals surface area contributed by atoms with Crippen molar-refractivity contribution >= 4 is 27.5 Å². The molecular formula is C20H19BrO4. The molecule has 0 saturated carbocycles. The Hall–Kier alpha value is -2.14. The number of hydrogen-bond acceptors (Lipinski definition) is 4. The molecule has 1 aromatic rings. The summed E-state index contributed by atoms with van der Waals surface area (Å²) in [5, 5.41) is 10.5. The molecule has 3 atom stereocenters. The number of phenolic OH excluding ortho intramolecular Hbond substituents is 1. The van der Waals surface area contributed by atoms with Crippen molar-refractivity contribution in [3.63, 3.8) is 0 Å². The van der Waals surface area contributed by atoms with E-state index in [1.807, 2.05) is 6.08 Å². The first-order chi connectivity index (χ1) is 11.9. The number of aromatic hydroxyl groups is 1. The van der Waals surface area contributed by atoms with E-state index in [1.165, 1.54) is 13.2 Å². The topological polar surface area (TPSA) is 63.6 Å². The summed E-state index contributed by atoms with van der Waals surface area (Å²) in [6.07, 6.45) is 5.41. The zero-order chi connectivity index (χ0) is 18.4. The van der Waals surface area contributed by atoms with Crippen molar-refractivity contribution in [2.75, 3.05) is 7.11 Å². The van der Waals surface area contributed by atoms with Crippen LogP contribution in [0.3, 0.4) is 0 Å². The van der Waals surface area contributed by atoms with E-state index < -0.39 is 16.2 Å². The summed E-state index contributed by atoms with van der Waals surface area (Å²) >= 11 is 3.62. The molecule has 0 aliphatic heterocycles. The predicted molar refractivity (Wildman–Crippen MR) is 99.2 cm³/mol. The summed E-state index contributed by atoms with van der Waals surface area (Å²) in [5.74, 6) is -0.886. The molecule has 4 nitrogen and oxygen atoms in total. The third-order valence-electron chi connectivity index (χ3n) is 5.07. The van der Waals surface area contributed by atoms with Gasteiger partial charge in [0.05, 0.1) is 7.11 Å². The highest BCUT2D eigenvalue weighted by Gasteiger charge is 2.57. The van der Waals surface area contributed by atoms with Crippen LogP contribution in [0.15, 0.2) is 54.2 Å². The van der Waals surface area contributed by atoms with Crippen LogP contribution in [0.5, 0.6) is 11.5 Å². The Morgan fingerprint density at radius 1 is 1.40 bits per heavy atom. The summed E-state index contributed by atoms with van der Waals surface area (Å²) in [5.41, 5.74) is 1.72. The van der Waals surface area contributed by atoms with Crippen molar-refractivity contribution in [2.45, 2.75) is 23.6 Å². The number of hydrogen-bond donors (Lipinski definition) is 1. The summed E-state index contributed by atoms with van der Waals surface area (Å²) < 4.78 is 4.25. The smallest absolute Gasteiger partial charge is 0.174 e. The quantitative estimate of drug-likeness (QED) is 0.779. The maximum atomic E-state index is 13.0. The number of phenols is 1. The monoisotopic (exact) mass is 402 g/mol. The lowest BCUT2D eigenvalue weighted by Gasteiger charge is -2.45. The van der Waals surface area contributed by atoms with Crippen molar-refractivity contribution in [1.29, 1.82) is 0 Å². The second-order valence-electron chi connectivity index (χ2n) is 6.35. The lowest BCUT2D eigenvalue weighted by Crippen LogP contribution is -2.53. The minimum absolute atomic E-state index is 0.0168. The molecule has 3 rings (SSSR count). The lowest BCUT2D eigenvalue weighted by atomic mass is 9.62. The van der Waals surface area contributed by atoms with Gasteiger partial charge in [-0.1, -0.05) is 40.7 Å². The molecule has 130 valence electrons. The Morgan fingerprint density at radius 3 is 2.76 bits per heavy atom. The van der Waals surface area contributed by atoms with Crippen LogP contribution in [-0.2, 0) is 9.59 Å². The van der Waals surface area contributed by atoms with E-state index in [4.69, 9.17) is 4.74 Å². The number of fused-ring (bicyclic) bond motifs is 1. The second-order valence-corrected chi connectivity index (χ2v) is 7.66. The molecule has 0 saturated heterocycles. The number of ketones is 2. The van der Waals surface area contributed by atoms with Gasteiger partial charge in [0.15, 0.2) is 11.6 Å². The van der Waals surface area contributed by atoms with Crippen LogP contribution < -0.4 is 4.74 Å². The van der Waals surface area contributed by atoms with Gasteiger partial charge in [-0.25, -0.2) is 0 Å². The molecule has 0 unspecified atom stereocenters. The Labute approximate surface area is 155 Å². The van der Waals surface area contributed by atoms with Gasteiger partial charge in [-0.2, -0.15) is 0 Å². The number of carbonyl (C=O) groups is 2. The van der Waals surface area contributed by atoms with Crippen LogP contribution in [0.4, 0.5) is 0 Å². The van der Waals surface area contributed by atoms with Gasteiger partial charge >= 0.3 is 0 Å². The number of methoxy groups -OCH3 is 1. The van der Waals surface area contributed by atoms with Crippen molar-refractivity contribution in [1.82, 2.24) is 0 Å². The van der Waals surface area contributed by atoms with Gasteiger partial charge in [0.1, 0.15) is 15.8 Å². The lowest BCUT2D eigenvalue weighted by molar-refractivity contribution is -0.128. The summed E-state index contributed by atoms with van der Waals surface area (Å²) in [6, 6.07) is 4.95. The molecule has 0 amide bonds. The molecule has 0 spiro atoms. The molecular weight excluding hydrogens is 384 g/mol. The van der Waals surface area contributed by atoms with Crippen LogP contribution in [0.2, 0.25) is 0 Å². The molecule has 0 radical (unpaired) electrons. The fraction of sp³-hybridized carbons (Fsp3) is 0.300. The number of ether oxygens (including phenoxy) is 1. The van der Waals surface area contributed by atoms with Crippen molar-refractivity contribution < 1.29 is 19.4 Å². The van der Waals surface area contributed by atoms with Crippen LogP contribution in [0.1, 0.15) is 24.8 Å². The summed E-state index contributed by atoms with van der Waals surface area (Å²) in [6.45, 7) is 5.51. The number of Topliss-reactive ketones (excluding diaryl/α,β-unsaturated/α-hetero) is 1. The Morgan fingerprint density at radius 2 is 2.12 bits per heavy atom. The minimum Gasteiger partial charge on any atom is -0.508 e. The molecule has 0 bridgehead atoms. The molecule has 1 aromatic carbocycles. The fourth-order valence-corrected chi connectivity index (χ4v) is 4.83. The van der Waals surface area contributed by atoms with Crippen LogP contribution >= 0.6 is 15.9 Å². The molecule has 0 aromatic heterocycles. The first-order valence-electron chi connectivity index (χ1n) is 8.00. The van der Waals surface area contributed by atoms with Gasteiger partial charge in [0.25, 0.3) is 0 Å². The SMILES string of the molecule is C=CC1=CC[C@H]2C(=O)C(C)=CC(=O)[C@@]2(Br)[C@H]1c1c(O)cccc1OC. The Bertz CT molecular complexity index is 836. The van der Waals surface area contributed by atoms with E-state index in [0.717, 1.165) is 5.57 Å². The number of benzene rings is 1. The Balaban J connectivity index is 2.31. The van der Waals surface area contributed by atoms with E-state index in [1.54, 1.807) is 31.2 Å². The standard InChI is InChI=1S/C20H19BrO4/c1-4-12-8-9-13-19(24)11(2)10-16(23)20(13,21)18(12)17-14(22)6-5-7-15(17)25-3/h4-8,10,13,18,22H,1,9H2,2-3H3/t13-,18+,20+/m0/s1.